The van der Waals surface area contributed by atoms with Crippen molar-refractivity contribution in [2.75, 3.05) is 6.54 Å². The average Bonchev–Trinajstić information content (AvgIpc) is 3.68. The number of carbonyl (C=O) groups is 4. The van der Waals surface area contributed by atoms with E-state index in [1.165, 1.54) is 22.2 Å². The van der Waals surface area contributed by atoms with Crippen molar-refractivity contribution in [1.29, 1.82) is 0 Å². The molecule has 0 saturated heterocycles. The van der Waals surface area contributed by atoms with E-state index >= 15 is 0 Å². The van der Waals surface area contributed by atoms with Gasteiger partial charge in [0.2, 0.25) is 11.8 Å². The fourth-order valence-corrected chi connectivity index (χ4v) is 5.94. The van der Waals surface area contributed by atoms with Crippen molar-refractivity contribution in [3.05, 3.63) is 82.2 Å². The highest BCUT2D eigenvalue weighted by Gasteiger charge is 2.30. The number of carbonyl (C=O) groups excluding carboxylic acids is 4. The quantitative estimate of drug-likeness (QED) is 0.273. The van der Waals surface area contributed by atoms with Gasteiger partial charge in [0.25, 0.3) is 11.8 Å². The highest BCUT2D eigenvalue weighted by atomic mass is 32.1. The highest BCUT2D eigenvalue weighted by Crippen LogP contribution is 2.26. The molecule has 1 aliphatic heterocycles. The molecule has 0 radical (unpaired) electrons. The van der Waals surface area contributed by atoms with Gasteiger partial charge in [-0.25, -0.2) is 14.5 Å². The SMILES string of the molecule is CC(C)[C@H]1NC(=O)[C@@H](NC(=O)c2cccc3ncnn23)CCCCNC(=O)[C@@H](Cc2ccccc2)NC(=O)c2csc1n2. The Kier molecular flexibility index (Phi) is 9.40. The summed E-state index contributed by atoms with van der Waals surface area (Å²) in [5.74, 6) is -1.65. The number of hydrogen-bond acceptors (Lipinski definition) is 8. The van der Waals surface area contributed by atoms with Gasteiger partial charge in [-0.3, -0.25) is 19.2 Å². The van der Waals surface area contributed by atoms with Gasteiger partial charge in [-0.2, -0.15) is 5.10 Å². The van der Waals surface area contributed by atoms with E-state index < -0.39 is 29.9 Å². The standard InChI is InChI=1S/C30H34N8O4S/c1-18(2)25-30-36-22(16-43-30)28(41)35-21(15-19-9-4-3-5-10-19)26(39)31-14-7-6-11-20(27(40)37-25)34-29(42)23-12-8-13-24-32-17-33-38(23)24/h3-5,8-10,12-13,16-18,20-21,25H,6-7,11,14-15H2,1-2H3,(H,31,39)(H,34,42)(H,35,41)(H,37,40)/t20-,21+,25+/m0/s1. The molecule has 4 amide bonds. The minimum atomic E-state index is -0.857. The Labute approximate surface area is 252 Å². The Morgan fingerprint density at radius 1 is 1.05 bits per heavy atom. The molecule has 3 aromatic heterocycles. The van der Waals surface area contributed by atoms with Crippen molar-refractivity contribution < 1.29 is 19.2 Å². The van der Waals surface area contributed by atoms with E-state index in [2.05, 4.69) is 36.3 Å². The van der Waals surface area contributed by atoms with Crippen LogP contribution in [0.15, 0.2) is 60.2 Å². The van der Waals surface area contributed by atoms with Gasteiger partial charge in [0.05, 0.1) is 6.04 Å². The van der Waals surface area contributed by atoms with Crippen LogP contribution in [0.25, 0.3) is 5.65 Å². The van der Waals surface area contributed by atoms with E-state index in [9.17, 15) is 19.2 Å². The summed E-state index contributed by atoms with van der Waals surface area (Å²) < 4.78 is 1.42. The van der Waals surface area contributed by atoms with Crippen molar-refractivity contribution in [1.82, 2.24) is 40.8 Å². The average molecular weight is 603 g/mol. The van der Waals surface area contributed by atoms with Gasteiger partial charge in [0, 0.05) is 18.3 Å². The zero-order valence-electron chi connectivity index (χ0n) is 23.9. The molecule has 4 aromatic rings. The van der Waals surface area contributed by atoms with E-state index in [-0.39, 0.29) is 29.1 Å². The molecule has 12 nitrogen and oxygen atoms in total. The third-order valence-corrected chi connectivity index (χ3v) is 8.19. The van der Waals surface area contributed by atoms with Crippen LogP contribution in [0, 0.1) is 5.92 Å². The molecule has 3 atom stereocenters. The Morgan fingerprint density at radius 3 is 2.65 bits per heavy atom. The van der Waals surface area contributed by atoms with Crippen LogP contribution in [-0.2, 0) is 16.0 Å². The van der Waals surface area contributed by atoms with E-state index in [4.69, 9.17) is 0 Å². The minimum absolute atomic E-state index is 0.0539. The lowest BCUT2D eigenvalue weighted by Gasteiger charge is -2.25. The zero-order valence-corrected chi connectivity index (χ0v) is 24.8. The molecule has 4 heterocycles. The molecule has 1 aromatic carbocycles. The zero-order chi connectivity index (χ0) is 30.3. The summed E-state index contributed by atoms with van der Waals surface area (Å²) >= 11 is 1.26. The summed E-state index contributed by atoms with van der Waals surface area (Å²) in [5, 5.41) is 18.0. The molecular formula is C30H34N8O4S. The normalized spacial score (nSPS) is 20.3. The van der Waals surface area contributed by atoms with Crippen LogP contribution in [-0.4, -0.2) is 61.8 Å². The van der Waals surface area contributed by atoms with Gasteiger partial charge >= 0.3 is 0 Å². The first-order chi connectivity index (χ1) is 20.8. The van der Waals surface area contributed by atoms with Gasteiger partial charge in [0.15, 0.2) is 5.65 Å². The van der Waals surface area contributed by atoms with Crippen LogP contribution in [0.1, 0.15) is 70.7 Å². The fourth-order valence-electron chi connectivity index (χ4n) is 4.92. The topological polar surface area (TPSA) is 159 Å². The van der Waals surface area contributed by atoms with Crippen molar-refractivity contribution in [2.24, 2.45) is 5.92 Å². The molecular weight excluding hydrogens is 568 g/mol. The summed E-state index contributed by atoms with van der Waals surface area (Å²) in [7, 11) is 0. The molecule has 4 N–H and O–H groups in total. The van der Waals surface area contributed by atoms with Crippen LogP contribution in [0.5, 0.6) is 0 Å². The predicted octanol–water partition coefficient (Wildman–Crippen LogP) is 2.44. The van der Waals surface area contributed by atoms with Crippen LogP contribution in [0.2, 0.25) is 0 Å². The first-order valence-corrected chi connectivity index (χ1v) is 15.2. The number of nitrogens with zero attached hydrogens (tertiary/aromatic N) is 4. The summed E-state index contributed by atoms with van der Waals surface area (Å²) in [4.78, 5) is 62.0. The first kappa shape index (κ1) is 29.8. The largest absolute Gasteiger partial charge is 0.354 e. The van der Waals surface area contributed by atoms with Crippen molar-refractivity contribution >= 4 is 40.6 Å². The van der Waals surface area contributed by atoms with Crippen molar-refractivity contribution in [3.8, 4) is 0 Å². The Balaban J connectivity index is 1.39. The molecule has 2 bridgehead atoms. The molecule has 1 aliphatic rings. The maximum Gasteiger partial charge on any atom is 0.271 e. The third-order valence-electron chi connectivity index (χ3n) is 7.26. The van der Waals surface area contributed by atoms with Crippen molar-refractivity contribution in [3.63, 3.8) is 0 Å². The number of amides is 4. The number of pyridine rings is 1. The Bertz CT molecular complexity index is 1600. The van der Waals surface area contributed by atoms with Gasteiger partial charge in [-0.05, 0) is 42.9 Å². The molecule has 0 fully saturated rings. The Morgan fingerprint density at radius 2 is 1.86 bits per heavy atom. The lowest BCUT2D eigenvalue weighted by molar-refractivity contribution is -0.124. The molecule has 224 valence electrons. The molecule has 0 spiro atoms. The number of benzene rings is 1. The first-order valence-electron chi connectivity index (χ1n) is 14.3. The third kappa shape index (κ3) is 7.23. The minimum Gasteiger partial charge on any atom is -0.354 e. The summed E-state index contributed by atoms with van der Waals surface area (Å²) in [6.07, 6.45) is 3.15. The number of thiazole rings is 1. The second-order valence-corrected chi connectivity index (χ2v) is 11.7. The molecule has 0 saturated carbocycles. The number of fused-ring (bicyclic) bond motifs is 3. The van der Waals surface area contributed by atoms with Gasteiger partial charge in [0.1, 0.15) is 34.8 Å². The Hall–Kier alpha value is -4.65. The highest BCUT2D eigenvalue weighted by molar-refractivity contribution is 7.09. The van der Waals surface area contributed by atoms with Crippen LogP contribution < -0.4 is 21.3 Å². The lowest BCUT2D eigenvalue weighted by Crippen LogP contribution is -2.49. The van der Waals surface area contributed by atoms with Crippen LogP contribution in [0.3, 0.4) is 0 Å². The maximum absolute atomic E-state index is 13.6. The molecule has 13 heteroatoms. The molecule has 5 rings (SSSR count). The number of nitrogens with one attached hydrogen (secondary N) is 4. The van der Waals surface area contributed by atoms with E-state index in [1.807, 2.05) is 44.2 Å². The molecule has 43 heavy (non-hydrogen) atoms. The maximum atomic E-state index is 13.6. The monoisotopic (exact) mass is 602 g/mol. The van der Waals surface area contributed by atoms with E-state index in [0.717, 1.165) is 5.56 Å². The van der Waals surface area contributed by atoms with Crippen LogP contribution >= 0.6 is 11.3 Å². The summed E-state index contributed by atoms with van der Waals surface area (Å²) in [6, 6.07) is 12.4. The van der Waals surface area contributed by atoms with E-state index in [1.54, 1.807) is 23.6 Å². The van der Waals surface area contributed by atoms with Gasteiger partial charge in [-0.1, -0.05) is 50.2 Å². The summed E-state index contributed by atoms with van der Waals surface area (Å²) in [6.45, 7) is 4.24. The molecule has 0 unspecified atom stereocenters. The number of rotatable bonds is 5. The van der Waals surface area contributed by atoms with Crippen molar-refractivity contribution in [2.45, 2.75) is 57.7 Å². The second kappa shape index (κ2) is 13.6. The second-order valence-electron chi connectivity index (χ2n) is 10.8. The fraction of sp³-hybridized carbons (Fsp3) is 0.367. The number of hydrogen-bond donors (Lipinski definition) is 4. The predicted molar refractivity (Wildman–Crippen MR) is 160 cm³/mol. The smallest absolute Gasteiger partial charge is 0.271 e. The number of aromatic nitrogens is 4. The van der Waals surface area contributed by atoms with Crippen LogP contribution in [0.4, 0.5) is 0 Å². The van der Waals surface area contributed by atoms with Gasteiger partial charge < -0.3 is 21.3 Å². The lowest BCUT2D eigenvalue weighted by atomic mass is 10.0. The van der Waals surface area contributed by atoms with E-state index in [0.29, 0.717) is 42.9 Å². The molecule has 0 aliphatic carbocycles. The summed E-state index contributed by atoms with van der Waals surface area (Å²) in [5.41, 5.74) is 1.85. The van der Waals surface area contributed by atoms with Gasteiger partial charge in [-0.15, -0.1) is 11.3 Å².